The van der Waals surface area contributed by atoms with Crippen molar-refractivity contribution in [3.63, 3.8) is 0 Å². The van der Waals surface area contributed by atoms with Gasteiger partial charge < -0.3 is 10.4 Å². The molecule has 2 aliphatic rings. The van der Waals surface area contributed by atoms with Crippen molar-refractivity contribution < 1.29 is 14.7 Å². The smallest absolute Gasteiger partial charge is 0.303 e. The average Bonchev–Trinajstić information content (AvgIpc) is 3.49. The molecule has 3 aromatic carbocycles. The fourth-order valence-corrected chi connectivity index (χ4v) is 5.31. The number of halogens is 1. The van der Waals surface area contributed by atoms with Crippen LogP contribution >= 0.6 is 15.9 Å². The molecular formula is C29H28BrN3O3. The quantitative estimate of drug-likeness (QED) is 0.344. The van der Waals surface area contributed by atoms with Gasteiger partial charge in [-0.1, -0.05) is 52.3 Å². The lowest BCUT2D eigenvalue weighted by Crippen LogP contribution is -2.22. The Morgan fingerprint density at radius 2 is 1.81 bits per heavy atom. The Morgan fingerprint density at radius 1 is 1.03 bits per heavy atom. The number of nitrogens with zero attached hydrogens (tertiary/aromatic N) is 2. The summed E-state index contributed by atoms with van der Waals surface area (Å²) in [4.78, 5) is 31.8. The second kappa shape index (κ2) is 10.8. The number of aryl methyl sites for hydroxylation is 1. The van der Waals surface area contributed by atoms with Gasteiger partial charge in [0.05, 0.1) is 11.4 Å². The number of carbonyl (C=O) groups excluding carboxylic acids is 1. The Balaban J connectivity index is 1.52. The molecule has 3 aromatic rings. The molecule has 0 bridgehead atoms. The van der Waals surface area contributed by atoms with Crippen LogP contribution in [-0.4, -0.2) is 40.7 Å². The Kier molecular flexibility index (Phi) is 7.30. The molecule has 184 valence electrons. The summed E-state index contributed by atoms with van der Waals surface area (Å²) in [5.41, 5.74) is 6.05. The minimum absolute atomic E-state index is 0.0508. The molecule has 2 N–H and O–H groups in total. The van der Waals surface area contributed by atoms with Gasteiger partial charge in [0.2, 0.25) is 5.91 Å². The zero-order chi connectivity index (χ0) is 25.1. The highest BCUT2D eigenvalue weighted by atomic mass is 79.9. The van der Waals surface area contributed by atoms with E-state index in [-0.39, 0.29) is 12.3 Å². The third kappa shape index (κ3) is 5.58. The van der Waals surface area contributed by atoms with Crippen molar-refractivity contribution >= 4 is 44.9 Å². The maximum Gasteiger partial charge on any atom is 0.303 e. The van der Waals surface area contributed by atoms with Crippen LogP contribution < -0.4 is 5.32 Å². The molecule has 1 fully saturated rings. The van der Waals surface area contributed by atoms with Gasteiger partial charge in [0, 0.05) is 23.1 Å². The molecule has 5 rings (SSSR count). The lowest BCUT2D eigenvalue weighted by molar-refractivity contribution is -0.137. The van der Waals surface area contributed by atoms with Crippen LogP contribution in [0.25, 0.3) is 0 Å². The summed E-state index contributed by atoms with van der Waals surface area (Å²) in [6, 6.07) is 21.7. The largest absolute Gasteiger partial charge is 0.481 e. The average molecular weight is 546 g/mol. The number of hydrogen-bond acceptors (Lipinski definition) is 4. The van der Waals surface area contributed by atoms with Gasteiger partial charge in [-0.15, -0.1) is 0 Å². The lowest BCUT2D eigenvalue weighted by Gasteiger charge is -2.16. The predicted octanol–water partition coefficient (Wildman–Crippen LogP) is 5.92. The highest BCUT2D eigenvalue weighted by Gasteiger charge is 2.35. The second-order valence-corrected chi connectivity index (χ2v) is 10.3. The SMILES string of the molecule is O=C(O)CCc1cccc(C(=Nc2ccc(CN3CCCC3)cc2)C2C(=O)Nc3cc(Br)ccc32)c1. The minimum Gasteiger partial charge on any atom is -0.481 e. The number of likely N-dealkylation sites (tertiary alicyclic amines) is 1. The van der Waals surface area contributed by atoms with Gasteiger partial charge in [0.25, 0.3) is 0 Å². The first kappa shape index (κ1) is 24.4. The molecular weight excluding hydrogens is 518 g/mol. The van der Waals surface area contributed by atoms with E-state index in [1.807, 2.05) is 54.6 Å². The molecule has 1 amide bonds. The van der Waals surface area contributed by atoms with Crippen LogP contribution in [0.2, 0.25) is 0 Å². The summed E-state index contributed by atoms with van der Waals surface area (Å²) in [5.74, 6) is -1.52. The summed E-state index contributed by atoms with van der Waals surface area (Å²) in [6.45, 7) is 3.24. The van der Waals surface area contributed by atoms with Crippen LogP contribution in [0.4, 0.5) is 11.4 Å². The first-order valence-corrected chi connectivity index (χ1v) is 13.1. The van der Waals surface area contributed by atoms with E-state index >= 15 is 0 Å². The summed E-state index contributed by atoms with van der Waals surface area (Å²) >= 11 is 3.48. The third-order valence-electron chi connectivity index (χ3n) is 6.76. The molecule has 0 aliphatic carbocycles. The van der Waals surface area contributed by atoms with Crippen LogP contribution in [-0.2, 0) is 22.6 Å². The van der Waals surface area contributed by atoms with E-state index in [9.17, 15) is 9.59 Å². The molecule has 2 aliphatic heterocycles. The van der Waals surface area contributed by atoms with Crippen LogP contribution in [0.5, 0.6) is 0 Å². The number of aliphatic carboxylic acids is 1. The van der Waals surface area contributed by atoms with E-state index in [1.54, 1.807) is 0 Å². The molecule has 7 heteroatoms. The third-order valence-corrected chi connectivity index (χ3v) is 7.25. The maximum absolute atomic E-state index is 13.2. The first-order valence-electron chi connectivity index (χ1n) is 12.3. The second-order valence-electron chi connectivity index (χ2n) is 9.39. The fraction of sp³-hybridized carbons (Fsp3) is 0.276. The van der Waals surface area contributed by atoms with Gasteiger partial charge in [0.15, 0.2) is 0 Å². The Morgan fingerprint density at radius 3 is 2.56 bits per heavy atom. The van der Waals surface area contributed by atoms with E-state index in [0.717, 1.165) is 52.2 Å². The van der Waals surface area contributed by atoms with Crippen molar-refractivity contribution in [3.8, 4) is 0 Å². The molecule has 0 radical (unpaired) electrons. The summed E-state index contributed by atoms with van der Waals surface area (Å²) in [6.07, 6.45) is 2.99. The zero-order valence-corrected chi connectivity index (χ0v) is 21.5. The molecule has 36 heavy (non-hydrogen) atoms. The highest BCUT2D eigenvalue weighted by molar-refractivity contribution is 9.10. The number of nitrogens with one attached hydrogen (secondary N) is 1. The van der Waals surface area contributed by atoms with Gasteiger partial charge >= 0.3 is 5.97 Å². The van der Waals surface area contributed by atoms with Crippen LogP contribution in [0.15, 0.2) is 76.2 Å². The van der Waals surface area contributed by atoms with Gasteiger partial charge in [-0.3, -0.25) is 19.5 Å². The Bertz CT molecular complexity index is 1310. The highest BCUT2D eigenvalue weighted by Crippen LogP contribution is 2.38. The standard InChI is InChI=1S/C29H28BrN3O3/c30-22-9-12-24-25(17-22)32-29(36)27(24)28(21-5-3-4-19(16-21)8-13-26(34)35)31-23-10-6-20(7-11-23)18-33-14-1-2-15-33/h3-7,9-12,16-17,27H,1-2,8,13-15,18H2,(H,32,36)(H,34,35). The van der Waals surface area contributed by atoms with E-state index in [2.05, 4.69) is 38.3 Å². The number of carbonyl (C=O) groups is 2. The summed E-state index contributed by atoms with van der Waals surface area (Å²) in [5, 5.41) is 12.1. The van der Waals surface area contributed by atoms with Crippen LogP contribution in [0.1, 0.15) is 47.4 Å². The molecule has 1 saturated heterocycles. The fourth-order valence-electron chi connectivity index (χ4n) is 4.95. The number of rotatable bonds is 8. The van der Waals surface area contributed by atoms with Crippen LogP contribution in [0, 0.1) is 0 Å². The van der Waals surface area contributed by atoms with Gasteiger partial charge in [0.1, 0.15) is 5.92 Å². The molecule has 2 heterocycles. The molecule has 0 saturated carbocycles. The van der Waals surface area contributed by atoms with Gasteiger partial charge in [-0.05, 0) is 84.9 Å². The van der Waals surface area contributed by atoms with Crippen molar-refractivity contribution in [1.29, 1.82) is 0 Å². The number of carboxylic acids is 1. The monoisotopic (exact) mass is 545 g/mol. The zero-order valence-electron chi connectivity index (χ0n) is 19.9. The molecule has 0 aromatic heterocycles. The number of aliphatic imine (C=N–C) groups is 1. The predicted molar refractivity (Wildman–Crippen MR) is 145 cm³/mol. The number of carboxylic acid groups (broad SMARTS) is 1. The van der Waals surface area contributed by atoms with E-state index in [4.69, 9.17) is 10.1 Å². The van der Waals surface area contributed by atoms with Crippen LogP contribution in [0.3, 0.4) is 0 Å². The van der Waals surface area contributed by atoms with Crippen molar-refractivity contribution in [2.24, 2.45) is 4.99 Å². The van der Waals surface area contributed by atoms with E-state index < -0.39 is 11.9 Å². The molecule has 1 atom stereocenters. The number of amides is 1. The summed E-state index contributed by atoms with van der Waals surface area (Å²) in [7, 11) is 0. The van der Waals surface area contributed by atoms with Crippen molar-refractivity contribution in [1.82, 2.24) is 4.90 Å². The maximum atomic E-state index is 13.2. The van der Waals surface area contributed by atoms with Crippen molar-refractivity contribution in [2.45, 2.75) is 38.1 Å². The Hall–Kier alpha value is -3.29. The normalized spacial score (nSPS) is 17.8. The van der Waals surface area contributed by atoms with Gasteiger partial charge in [-0.25, -0.2) is 0 Å². The molecule has 0 spiro atoms. The van der Waals surface area contributed by atoms with Gasteiger partial charge in [-0.2, -0.15) is 0 Å². The first-order chi connectivity index (χ1) is 17.5. The topological polar surface area (TPSA) is 82.0 Å². The number of anilines is 1. The summed E-state index contributed by atoms with van der Waals surface area (Å²) < 4.78 is 0.893. The number of benzene rings is 3. The minimum atomic E-state index is -0.835. The molecule has 6 nitrogen and oxygen atoms in total. The molecule has 1 unspecified atom stereocenters. The van der Waals surface area contributed by atoms with Crippen molar-refractivity contribution in [2.75, 3.05) is 18.4 Å². The Labute approximate surface area is 219 Å². The lowest BCUT2D eigenvalue weighted by atomic mass is 9.89. The van der Waals surface area contributed by atoms with E-state index in [0.29, 0.717) is 12.1 Å². The number of fused-ring (bicyclic) bond motifs is 1. The number of hydrogen-bond donors (Lipinski definition) is 2. The van der Waals surface area contributed by atoms with Crippen molar-refractivity contribution in [3.05, 3.63) is 93.5 Å². The van der Waals surface area contributed by atoms with E-state index in [1.165, 1.54) is 18.4 Å².